The van der Waals surface area contributed by atoms with E-state index in [4.69, 9.17) is 9.47 Å². The Balaban J connectivity index is 1.44. The van der Waals surface area contributed by atoms with Crippen LogP contribution in [-0.4, -0.2) is 36.3 Å². The van der Waals surface area contributed by atoms with E-state index in [-0.39, 0.29) is 19.2 Å². The molecule has 2 aromatic carbocycles. The van der Waals surface area contributed by atoms with Crippen molar-refractivity contribution in [1.82, 2.24) is 9.97 Å². The standard InChI is InChI=1S/C23H23N5O3/c1-15-4-3-5-17(8-15)28-11-18-22(25-13-26-23(18)27(2)12-21(28)29)24-10-16-6-7-19-20(9-16)31-14-30-19/h3-9,13H,10-12,14H2,1-2H3,(H,24,25,26). The molecule has 3 heterocycles. The molecule has 0 atom stereocenters. The molecule has 0 saturated carbocycles. The molecule has 5 rings (SSSR count). The number of hydrogen-bond donors (Lipinski definition) is 1. The molecule has 0 saturated heterocycles. The van der Waals surface area contributed by atoms with Gasteiger partial charge in [0.2, 0.25) is 12.7 Å². The zero-order chi connectivity index (χ0) is 21.4. The van der Waals surface area contributed by atoms with Crippen LogP contribution in [0.25, 0.3) is 0 Å². The van der Waals surface area contributed by atoms with E-state index in [0.717, 1.165) is 39.7 Å². The fraction of sp³-hybridized carbons (Fsp3) is 0.261. The van der Waals surface area contributed by atoms with Crippen molar-refractivity contribution in [3.8, 4) is 11.5 Å². The topological polar surface area (TPSA) is 79.8 Å². The molecule has 3 aromatic rings. The molecule has 1 amide bonds. The van der Waals surface area contributed by atoms with Gasteiger partial charge in [0, 0.05) is 19.3 Å². The Labute approximate surface area is 180 Å². The summed E-state index contributed by atoms with van der Waals surface area (Å²) in [5.41, 5.74) is 3.91. The van der Waals surface area contributed by atoms with Gasteiger partial charge in [-0.3, -0.25) is 4.79 Å². The predicted octanol–water partition coefficient (Wildman–Crippen LogP) is 3.11. The first-order valence-corrected chi connectivity index (χ1v) is 10.1. The van der Waals surface area contributed by atoms with Crippen LogP contribution >= 0.6 is 0 Å². The number of benzene rings is 2. The number of amides is 1. The van der Waals surface area contributed by atoms with E-state index in [1.54, 1.807) is 4.90 Å². The smallest absolute Gasteiger partial charge is 0.246 e. The van der Waals surface area contributed by atoms with Gasteiger partial charge < -0.3 is 24.6 Å². The number of anilines is 3. The van der Waals surface area contributed by atoms with Crippen molar-refractivity contribution in [3.63, 3.8) is 0 Å². The van der Waals surface area contributed by atoms with Crippen LogP contribution in [0, 0.1) is 6.92 Å². The Bertz CT molecular complexity index is 1150. The van der Waals surface area contributed by atoms with Crippen molar-refractivity contribution >= 4 is 23.2 Å². The summed E-state index contributed by atoms with van der Waals surface area (Å²) >= 11 is 0. The molecule has 0 unspecified atom stereocenters. The van der Waals surface area contributed by atoms with Crippen LogP contribution in [0.3, 0.4) is 0 Å². The summed E-state index contributed by atoms with van der Waals surface area (Å²) in [6.45, 7) is 3.47. The van der Waals surface area contributed by atoms with Gasteiger partial charge >= 0.3 is 0 Å². The van der Waals surface area contributed by atoms with Gasteiger partial charge in [0.25, 0.3) is 0 Å². The highest BCUT2D eigenvalue weighted by atomic mass is 16.7. The first-order valence-electron chi connectivity index (χ1n) is 10.1. The van der Waals surface area contributed by atoms with Crippen LogP contribution in [0.1, 0.15) is 16.7 Å². The van der Waals surface area contributed by atoms with Gasteiger partial charge in [-0.25, -0.2) is 9.97 Å². The third-order valence-electron chi connectivity index (χ3n) is 5.48. The highest BCUT2D eigenvalue weighted by Crippen LogP contribution is 2.33. The maximum absolute atomic E-state index is 13.0. The summed E-state index contributed by atoms with van der Waals surface area (Å²) in [5.74, 6) is 2.99. The Morgan fingerprint density at radius 2 is 1.94 bits per heavy atom. The lowest BCUT2D eigenvalue weighted by atomic mass is 10.1. The summed E-state index contributed by atoms with van der Waals surface area (Å²) < 4.78 is 10.9. The highest BCUT2D eigenvalue weighted by molar-refractivity contribution is 5.98. The second-order valence-electron chi connectivity index (χ2n) is 7.74. The Morgan fingerprint density at radius 1 is 1.06 bits per heavy atom. The molecular formula is C23H23N5O3. The van der Waals surface area contributed by atoms with Crippen molar-refractivity contribution in [1.29, 1.82) is 0 Å². The molecule has 2 aliphatic rings. The summed E-state index contributed by atoms with van der Waals surface area (Å²) in [7, 11) is 1.88. The first kappa shape index (κ1) is 19.2. The minimum absolute atomic E-state index is 0.0211. The van der Waals surface area contributed by atoms with Gasteiger partial charge in [0.1, 0.15) is 18.0 Å². The lowest BCUT2D eigenvalue weighted by Crippen LogP contribution is -2.35. The summed E-state index contributed by atoms with van der Waals surface area (Å²) in [6.07, 6.45) is 1.53. The minimum atomic E-state index is 0.0211. The van der Waals surface area contributed by atoms with E-state index in [1.165, 1.54) is 6.33 Å². The third kappa shape index (κ3) is 3.72. The molecule has 1 N–H and O–H groups in total. The van der Waals surface area contributed by atoms with Gasteiger partial charge in [-0.05, 0) is 42.3 Å². The Hall–Kier alpha value is -3.81. The molecule has 2 aliphatic heterocycles. The number of nitrogens with one attached hydrogen (secondary N) is 1. The van der Waals surface area contributed by atoms with E-state index in [9.17, 15) is 4.79 Å². The van der Waals surface area contributed by atoms with Crippen molar-refractivity contribution < 1.29 is 14.3 Å². The number of rotatable bonds is 4. The largest absolute Gasteiger partial charge is 0.454 e. The number of hydrogen-bond acceptors (Lipinski definition) is 7. The molecule has 8 heteroatoms. The van der Waals surface area contributed by atoms with Crippen LogP contribution in [0.2, 0.25) is 0 Å². The summed E-state index contributed by atoms with van der Waals surface area (Å²) in [5, 5.41) is 3.41. The molecule has 0 aliphatic carbocycles. The predicted molar refractivity (Wildman–Crippen MR) is 118 cm³/mol. The van der Waals surface area contributed by atoms with Gasteiger partial charge in [0.05, 0.1) is 18.7 Å². The van der Waals surface area contributed by atoms with E-state index >= 15 is 0 Å². The number of nitrogens with zero attached hydrogens (tertiary/aromatic N) is 4. The molecule has 0 bridgehead atoms. The highest BCUT2D eigenvalue weighted by Gasteiger charge is 2.28. The van der Waals surface area contributed by atoms with Crippen LogP contribution in [-0.2, 0) is 17.9 Å². The second-order valence-corrected chi connectivity index (χ2v) is 7.74. The van der Waals surface area contributed by atoms with Crippen LogP contribution in [0.15, 0.2) is 48.8 Å². The second kappa shape index (κ2) is 7.79. The quantitative estimate of drug-likeness (QED) is 0.699. The van der Waals surface area contributed by atoms with E-state index < -0.39 is 0 Å². The average molecular weight is 417 g/mol. The molecule has 0 radical (unpaired) electrons. The lowest BCUT2D eigenvalue weighted by Gasteiger charge is -2.22. The number of aryl methyl sites for hydroxylation is 1. The van der Waals surface area contributed by atoms with Crippen molar-refractivity contribution in [2.24, 2.45) is 0 Å². The Kier molecular flexibility index (Phi) is 4.82. The molecule has 0 fully saturated rings. The zero-order valence-corrected chi connectivity index (χ0v) is 17.5. The molecule has 1 aromatic heterocycles. The van der Waals surface area contributed by atoms with Crippen molar-refractivity contribution in [3.05, 3.63) is 65.5 Å². The Morgan fingerprint density at radius 3 is 2.81 bits per heavy atom. The normalized spacial score (nSPS) is 15.0. The number of fused-ring (bicyclic) bond motifs is 2. The fourth-order valence-electron chi connectivity index (χ4n) is 3.91. The molecule has 158 valence electrons. The molecule has 8 nitrogen and oxygen atoms in total. The van der Waals surface area contributed by atoms with E-state index in [0.29, 0.717) is 18.9 Å². The zero-order valence-electron chi connectivity index (χ0n) is 17.5. The van der Waals surface area contributed by atoms with E-state index in [2.05, 4.69) is 15.3 Å². The lowest BCUT2D eigenvalue weighted by molar-refractivity contribution is -0.117. The number of likely N-dealkylation sites (N-methyl/N-ethyl adjacent to an activating group) is 1. The van der Waals surface area contributed by atoms with Crippen molar-refractivity contribution in [2.75, 3.05) is 35.5 Å². The van der Waals surface area contributed by atoms with Crippen molar-refractivity contribution in [2.45, 2.75) is 20.0 Å². The van der Waals surface area contributed by atoms with Gasteiger partial charge in [0.15, 0.2) is 11.5 Å². The summed E-state index contributed by atoms with van der Waals surface area (Å²) in [6, 6.07) is 13.8. The summed E-state index contributed by atoms with van der Waals surface area (Å²) in [4.78, 5) is 25.6. The number of ether oxygens (including phenoxy) is 2. The SMILES string of the molecule is Cc1cccc(N2Cc3c(NCc4ccc5c(c4)OCO5)ncnc3N(C)CC2=O)c1. The van der Waals surface area contributed by atoms with Crippen LogP contribution in [0.4, 0.5) is 17.3 Å². The molecule has 31 heavy (non-hydrogen) atoms. The minimum Gasteiger partial charge on any atom is -0.454 e. The molecular weight excluding hydrogens is 394 g/mol. The van der Waals surface area contributed by atoms with Gasteiger partial charge in [-0.2, -0.15) is 0 Å². The van der Waals surface area contributed by atoms with Crippen LogP contribution in [0.5, 0.6) is 11.5 Å². The monoisotopic (exact) mass is 417 g/mol. The average Bonchev–Trinajstić information content (AvgIpc) is 3.19. The maximum atomic E-state index is 13.0. The third-order valence-corrected chi connectivity index (χ3v) is 5.48. The number of carbonyl (C=O) groups excluding carboxylic acids is 1. The van der Waals surface area contributed by atoms with Crippen LogP contribution < -0.4 is 24.6 Å². The van der Waals surface area contributed by atoms with Gasteiger partial charge in [-0.1, -0.05) is 18.2 Å². The first-order chi connectivity index (χ1) is 15.1. The fourth-order valence-corrected chi connectivity index (χ4v) is 3.91. The number of carbonyl (C=O) groups is 1. The maximum Gasteiger partial charge on any atom is 0.246 e. The van der Waals surface area contributed by atoms with E-state index in [1.807, 2.05) is 61.3 Å². The molecule has 0 spiro atoms. The number of aromatic nitrogens is 2. The van der Waals surface area contributed by atoms with Gasteiger partial charge in [-0.15, -0.1) is 0 Å².